The van der Waals surface area contributed by atoms with Crippen molar-refractivity contribution in [1.29, 1.82) is 0 Å². The Morgan fingerprint density at radius 3 is 2.41 bits per heavy atom. The summed E-state index contributed by atoms with van der Waals surface area (Å²) < 4.78 is 14.8. The van der Waals surface area contributed by atoms with Gasteiger partial charge in [0.05, 0.1) is 6.04 Å². The van der Waals surface area contributed by atoms with E-state index in [1.807, 2.05) is 27.2 Å². The van der Waals surface area contributed by atoms with Gasteiger partial charge in [0, 0.05) is 15.6 Å². The number of benzene rings is 1. The zero-order valence-electron chi connectivity index (χ0n) is 11.0. The van der Waals surface area contributed by atoms with Crippen LogP contribution in [0.4, 0.5) is 4.39 Å². The molecule has 2 nitrogen and oxygen atoms in total. The highest BCUT2D eigenvalue weighted by molar-refractivity contribution is 9.10. The minimum atomic E-state index is -0.184. The van der Waals surface area contributed by atoms with Crippen LogP contribution in [0.3, 0.4) is 0 Å². The van der Waals surface area contributed by atoms with Gasteiger partial charge in [-0.1, -0.05) is 15.9 Å². The number of nitrogens with one attached hydrogen (secondary N) is 1. The number of hydrogen-bond acceptors (Lipinski definition) is 2. The Balaban J connectivity index is 3.22. The van der Waals surface area contributed by atoms with Gasteiger partial charge in [0.1, 0.15) is 5.82 Å². The number of halogens is 2. The molecule has 1 aromatic rings. The second-order valence-corrected chi connectivity index (χ2v) is 5.85. The van der Waals surface area contributed by atoms with Crippen LogP contribution in [-0.4, -0.2) is 31.6 Å². The van der Waals surface area contributed by atoms with Crippen LogP contribution < -0.4 is 5.32 Å². The summed E-state index contributed by atoms with van der Waals surface area (Å²) in [5.41, 5.74) is 0.497. The van der Waals surface area contributed by atoms with Gasteiger partial charge >= 0.3 is 0 Å². The molecule has 17 heavy (non-hydrogen) atoms. The predicted molar refractivity (Wildman–Crippen MR) is 73.7 cm³/mol. The molecular weight excluding hydrogens is 283 g/mol. The standard InChI is InChI=1S/C13H20BrFN2/c1-13(2,17(4)5)12(16-3)10-8-9(14)6-7-11(10)15/h6-8,12,16H,1-5H3. The van der Waals surface area contributed by atoms with E-state index in [0.717, 1.165) is 4.47 Å². The fraction of sp³-hybridized carbons (Fsp3) is 0.538. The minimum Gasteiger partial charge on any atom is -0.311 e. The van der Waals surface area contributed by atoms with Gasteiger partial charge in [0.2, 0.25) is 0 Å². The average Bonchev–Trinajstić information content (AvgIpc) is 2.23. The first-order chi connectivity index (χ1) is 7.80. The lowest BCUT2D eigenvalue weighted by Crippen LogP contribution is -2.48. The Labute approximate surface area is 111 Å². The predicted octanol–water partition coefficient (Wildman–Crippen LogP) is 3.19. The molecule has 1 aromatic carbocycles. The first-order valence-corrected chi connectivity index (χ1v) is 6.39. The van der Waals surface area contributed by atoms with Crippen LogP contribution in [0.2, 0.25) is 0 Å². The van der Waals surface area contributed by atoms with Gasteiger partial charge in [0.15, 0.2) is 0 Å². The number of nitrogens with zero attached hydrogens (tertiary/aromatic N) is 1. The maximum atomic E-state index is 13.9. The van der Waals surface area contributed by atoms with Gasteiger partial charge in [-0.2, -0.15) is 0 Å². The van der Waals surface area contributed by atoms with Crippen molar-refractivity contribution in [1.82, 2.24) is 10.2 Å². The van der Waals surface area contributed by atoms with Gasteiger partial charge in [-0.25, -0.2) is 4.39 Å². The summed E-state index contributed by atoms with van der Waals surface area (Å²) in [5.74, 6) is -0.178. The SMILES string of the molecule is CNC(c1cc(Br)ccc1F)C(C)(C)N(C)C. The molecule has 0 aliphatic carbocycles. The quantitative estimate of drug-likeness (QED) is 0.919. The van der Waals surface area contributed by atoms with Gasteiger partial charge in [0.25, 0.3) is 0 Å². The monoisotopic (exact) mass is 302 g/mol. The third-order valence-corrected chi connectivity index (χ3v) is 3.91. The molecule has 1 rings (SSSR count). The van der Waals surface area contributed by atoms with Gasteiger partial charge < -0.3 is 10.2 Å². The van der Waals surface area contributed by atoms with Crippen molar-refractivity contribution in [3.05, 3.63) is 34.1 Å². The molecule has 0 amide bonds. The second-order valence-electron chi connectivity index (χ2n) is 4.94. The molecule has 0 bridgehead atoms. The summed E-state index contributed by atoms with van der Waals surface area (Å²) in [5, 5.41) is 3.21. The van der Waals surface area contributed by atoms with Crippen LogP contribution in [0.25, 0.3) is 0 Å². The molecule has 0 saturated heterocycles. The Kier molecular flexibility index (Phi) is 4.69. The van der Waals surface area contributed by atoms with Crippen molar-refractivity contribution in [2.24, 2.45) is 0 Å². The van der Waals surface area contributed by atoms with Crippen molar-refractivity contribution in [2.45, 2.75) is 25.4 Å². The highest BCUT2D eigenvalue weighted by atomic mass is 79.9. The van der Waals surface area contributed by atoms with Gasteiger partial charge in [-0.05, 0) is 53.2 Å². The zero-order valence-corrected chi connectivity index (χ0v) is 12.6. The smallest absolute Gasteiger partial charge is 0.128 e. The number of hydrogen-bond donors (Lipinski definition) is 1. The van der Waals surface area contributed by atoms with E-state index in [-0.39, 0.29) is 17.4 Å². The third kappa shape index (κ3) is 3.06. The molecule has 0 aliphatic heterocycles. The van der Waals surface area contributed by atoms with E-state index in [9.17, 15) is 4.39 Å². The molecule has 1 N–H and O–H groups in total. The Hall–Kier alpha value is -0.450. The van der Waals surface area contributed by atoms with Crippen molar-refractivity contribution >= 4 is 15.9 Å². The minimum absolute atomic E-state index is 0.0741. The van der Waals surface area contributed by atoms with Crippen LogP contribution in [-0.2, 0) is 0 Å². The summed E-state index contributed by atoms with van der Waals surface area (Å²) in [4.78, 5) is 2.09. The lowest BCUT2D eigenvalue weighted by atomic mass is 9.87. The highest BCUT2D eigenvalue weighted by Gasteiger charge is 2.33. The third-order valence-electron chi connectivity index (χ3n) is 3.42. The van der Waals surface area contributed by atoms with E-state index in [4.69, 9.17) is 0 Å². The molecule has 0 fully saturated rings. The summed E-state index contributed by atoms with van der Waals surface area (Å²) in [6, 6.07) is 4.97. The van der Waals surface area contributed by atoms with E-state index in [2.05, 4.69) is 40.0 Å². The first kappa shape index (κ1) is 14.6. The van der Waals surface area contributed by atoms with E-state index in [1.54, 1.807) is 6.07 Å². The van der Waals surface area contributed by atoms with E-state index < -0.39 is 0 Å². The Morgan fingerprint density at radius 1 is 1.35 bits per heavy atom. The lowest BCUT2D eigenvalue weighted by Gasteiger charge is -2.40. The summed E-state index contributed by atoms with van der Waals surface area (Å²) in [6.45, 7) is 4.18. The van der Waals surface area contributed by atoms with Crippen molar-refractivity contribution in [2.75, 3.05) is 21.1 Å². The Bertz CT molecular complexity index is 391. The van der Waals surface area contributed by atoms with E-state index in [1.165, 1.54) is 6.07 Å². The van der Waals surface area contributed by atoms with Crippen LogP contribution >= 0.6 is 15.9 Å². The maximum absolute atomic E-state index is 13.9. The molecule has 0 saturated carbocycles. The highest BCUT2D eigenvalue weighted by Crippen LogP contribution is 2.32. The molecule has 0 spiro atoms. The zero-order chi connectivity index (χ0) is 13.2. The number of likely N-dealkylation sites (N-methyl/N-ethyl adjacent to an activating group) is 2. The molecular formula is C13H20BrFN2. The molecule has 1 unspecified atom stereocenters. The molecule has 0 radical (unpaired) electrons. The van der Waals surface area contributed by atoms with Crippen molar-refractivity contribution in [3.8, 4) is 0 Å². The van der Waals surface area contributed by atoms with Gasteiger partial charge in [-0.3, -0.25) is 0 Å². The summed E-state index contributed by atoms with van der Waals surface area (Å²) in [6.07, 6.45) is 0. The molecule has 4 heteroatoms. The topological polar surface area (TPSA) is 15.3 Å². The second kappa shape index (κ2) is 5.46. The number of rotatable bonds is 4. The Morgan fingerprint density at radius 2 is 1.94 bits per heavy atom. The van der Waals surface area contributed by atoms with Crippen LogP contribution in [0.5, 0.6) is 0 Å². The fourth-order valence-electron chi connectivity index (χ4n) is 1.88. The molecule has 96 valence electrons. The molecule has 0 aliphatic rings. The largest absolute Gasteiger partial charge is 0.311 e. The van der Waals surface area contributed by atoms with Crippen LogP contribution in [0, 0.1) is 5.82 Å². The van der Waals surface area contributed by atoms with Crippen molar-refractivity contribution in [3.63, 3.8) is 0 Å². The van der Waals surface area contributed by atoms with Crippen LogP contribution in [0.15, 0.2) is 22.7 Å². The molecule has 1 atom stereocenters. The molecule has 0 aromatic heterocycles. The summed E-state index contributed by atoms with van der Waals surface area (Å²) >= 11 is 3.39. The maximum Gasteiger partial charge on any atom is 0.128 e. The van der Waals surface area contributed by atoms with Crippen LogP contribution in [0.1, 0.15) is 25.5 Å². The van der Waals surface area contributed by atoms with E-state index >= 15 is 0 Å². The van der Waals surface area contributed by atoms with Crippen molar-refractivity contribution < 1.29 is 4.39 Å². The summed E-state index contributed by atoms with van der Waals surface area (Å²) in [7, 11) is 5.86. The average molecular weight is 303 g/mol. The van der Waals surface area contributed by atoms with Gasteiger partial charge in [-0.15, -0.1) is 0 Å². The fourth-order valence-corrected chi connectivity index (χ4v) is 2.26. The lowest BCUT2D eigenvalue weighted by molar-refractivity contribution is 0.140. The normalized spacial score (nSPS) is 14.1. The first-order valence-electron chi connectivity index (χ1n) is 5.60. The van der Waals surface area contributed by atoms with E-state index in [0.29, 0.717) is 5.56 Å². The molecule has 0 heterocycles.